The number of hydrogen-bond acceptors (Lipinski definition) is 4. The van der Waals surface area contributed by atoms with Gasteiger partial charge in [-0.3, -0.25) is 14.6 Å². The Morgan fingerprint density at radius 1 is 1.00 bits per heavy atom. The zero-order valence-electron chi connectivity index (χ0n) is 22.2. The third-order valence-corrected chi connectivity index (χ3v) is 6.22. The first-order valence-electron chi connectivity index (χ1n) is 13.1. The lowest BCUT2D eigenvalue weighted by molar-refractivity contribution is 0.567. The fourth-order valence-corrected chi connectivity index (χ4v) is 4.05. The van der Waals surface area contributed by atoms with E-state index in [4.69, 9.17) is 0 Å². The Bertz CT molecular complexity index is 1150. The highest BCUT2D eigenvalue weighted by molar-refractivity contribution is 5.61. The van der Waals surface area contributed by atoms with Gasteiger partial charge in [-0.2, -0.15) is 0 Å². The maximum atomic E-state index is 4.60. The van der Waals surface area contributed by atoms with Crippen molar-refractivity contribution in [3.05, 3.63) is 103 Å². The van der Waals surface area contributed by atoms with Gasteiger partial charge >= 0.3 is 0 Å². The van der Waals surface area contributed by atoms with Crippen LogP contribution in [0.15, 0.2) is 91.3 Å². The van der Waals surface area contributed by atoms with Crippen LogP contribution in [0, 0.1) is 6.92 Å². The Morgan fingerprint density at radius 2 is 1.83 bits per heavy atom. The van der Waals surface area contributed by atoms with Crippen LogP contribution in [-0.4, -0.2) is 21.2 Å². The molecular formula is C31H41N5. The summed E-state index contributed by atoms with van der Waals surface area (Å²) in [7, 11) is 0. The minimum atomic E-state index is 0.379. The summed E-state index contributed by atoms with van der Waals surface area (Å²) in [5.74, 6) is 0.379. The van der Waals surface area contributed by atoms with Gasteiger partial charge in [0.1, 0.15) is 0 Å². The minimum absolute atomic E-state index is 0.379. The number of anilines is 1. The standard InChI is InChI=1S/C31H41N5/c1-5-6-8-12-27(4)31-23-32-17-11-13-28(29-19-26(3)20-33-22-29)24-36(31)35-18-16-25(2)21-34-30-14-9-7-10-15-30/h7,9-11,13-15,17,19-24,27,34-35H,5-6,8,12,16,18H2,1-4H3/b13-11?,25-21+,28-24?,31-23?,32-17?. The van der Waals surface area contributed by atoms with Gasteiger partial charge in [0, 0.05) is 54.3 Å². The number of unbranched alkanes of at least 4 members (excludes halogenated alkanes) is 2. The van der Waals surface area contributed by atoms with Crippen molar-refractivity contribution in [1.82, 2.24) is 14.6 Å². The van der Waals surface area contributed by atoms with Crippen molar-refractivity contribution in [1.29, 1.82) is 0 Å². The van der Waals surface area contributed by atoms with Crippen molar-refractivity contribution in [2.75, 3.05) is 17.3 Å². The average molecular weight is 484 g/mol. The molecule has 0 bridgehead atoms. The van der Waals surface area contributed by atoms with Crippen molar-refractivity contribution in [2.24, 2.45) is 0 Å². The largest absolute Gasteiger partial charge is 0.362 e. The number of para-hydroxylation sites is 1. The SMILES string of the molecule is CCCCCC(C)c1cncccc(-c2cncc(C)c2)cn1NCC/C(C)=C/Nc1ccccc1. The van der Waals surface area contributed by atoms with Gasteiger partial charge in [0.25, 0.3) is 0 Å². The van der Waals surface area contributed by atoms with Crippen LogP contribution in [0.5, 0.6) is 0 Å². The molecule has 2 aromatic heterocycles. The fourth-order valence-electron chi connectivity index (χ4n) is 4.05. The van der Waals surface area contributed by atoms with E-state index in [2.05, 4.69) is 89.7 Å². The highest BCUT2D eigenvalue weighted by Gasteiger charge is 2.10. The van der Waals surface area contributed by atoms with Gasteiger partial charge in [-0.15, -0.1) is 0 Å². The van der Waals surface area contributed by atoms with Gasteiger partial charge in [-0.05, 0) is 68.6 Å². The molecule has 0 aliphatic heterocycles. The summed E-state index contributed by atoms with van der Waals surface area (Å²) in [5, 5.41) is 3.39. The van der Waals surface area contributed by atoms with E-state index in [-0.39, 0.29) is 0 Å². The molecule has 1 unspecified atom stereocenters. The molecule has 0 aliphatic carbocycles. The van der Waals surface area contributed by atoms with Gasteiger partial charge in [-0.1, -0.05) is 62.9 Å². The zero-order chi connectivity index (χ0) is 25.6. The number of benzene rings is 1. The summed E-state index contributed by atoms with van der Waals surface area (Å²) in [6, 6.07) is 16.5. The molecule has 0 spiro atoms. The molecule has 2 heterocycles. The van der Waals surface area contributed by atoms with Crippen molar-refractivity contribution in [3.8, 4) is 11.1 Å². The normalized spacial score (nSPS) is 12.1. The van der Waals surface area contributed by atoms with Crippen LogP contribution in [0.4, 0.5) is 5.69 Å². The van der Waals surface area contributed by atoms with Crippen molar-refractivity contribution >= 4 is 5.69 Å². The molecule has 0 aliphatic rings. The molecule has 2 N–H and O–H groups in total. The average Bonchev–Trinajstić information content (AvgIpc) is 2.99. The van der Waals surface area contributed by atoms with E-state index in [1.165, 1.54) is 30.5 Å². The van der Waals surface area contributed by atoms with Gasteiger partial charge < -0.3 is 10.7 Å². The second kappa shape index (κ2) is 14.7. The predicted octanol–water partition coefficient (Wildman–Crippen LogP) is 8.01. The summed E-state index contributed by atoms with van der Waals surface area (Å²) < 4.78 is 2.18. The molecule has 1 aromatic carbocycles. The van der Waals surface area contributed by atoms with Crippen LogP contribution in [0.2, 0.25) is 0 Å². The van der Waals surface area contributed by atoms with Gasteiger partial charge in [0.15, 0.2) is 0 Å². The lowest BCUT2D eigenvalue weighted by Gasteiger charge is -2.20. The van der Waals surface area contributed by atoms with E-state index in [9.17, 15) is 0 Å². The number of aromatic nitrogens is 3. The van der Waals surface area contributed by atoms with Crippen LogP contribution in [0.3, 0.4) is 0 Å². The van der Waals surface area contributed by atoms with E-state index >= 15 is 0 Å². The fraction of sp³-hybridized carbons (Fsp3) is 0.355. The highest BCUT2D eigenvalue weighted by Crippen LogP contribution is 2.23. The molecule has 190 valence electrons. The maximum Gasteiger partial charge on any atom is 0.0604 e. The second-order valence-corrected chi connectivity index (χ2v) is 9.47. The van der Waals surface area contributed by atoms with E-state index < -0.39 is 0 Å². The molecular weight excluding hydrogens is 442 g/mol. The van der Waals surface area contributed by atoms with Crippen LogP contribution in [0.25, 0.3) is 11.1 Å². The van der Waals surface area contributed by atoms with Gasteiger partial charge in [-0.25, -0.2) is 0 Å². The topological polar surface area (TPSA) is 54.8 Å². The number of nitrogens with zero attached hydrogens (tertiary/aromatic N) is 3. The maximum absolute atomic E-state index is 4.60. The summed E-state index contributed by atoms with van der Waals surface area (Å²) in [6.45, 7) is 9.59. The lowest BCUT2D eigenvalue weighted by atomic mass is 10.0. The monoisotopic (exact) mass is 483 g/mol. The van der Waals surface area contributed by atoms with Crippen LogP contribution in [-0.2, 0) is 0 Å². The zero-order valence-corrected chi connectivity index (χ0v) is 22.2. The summed E-state index contributed by atoms with van der Waals surface area (Å²) in [6.07, 6.45) is 17.7. The predicted molar refractivity (Wildman–Crippen MR) is 153 cm³/mol. The first kappa shape index (κ1) is 27.0. The Kier molecular flexibility index (Phi) is 11.0. The molecule has 0 amide bonds. The molecule has 36 heavy (non-hydrogen) atoms. The first-order valence-corrected chi connectivity index (χ1v) is 13.1. The van der Waals surface area contributed by atoms with Crippen molar-refractivity contribution in [2.45, 2.75) is 65.7 Å². The number of pyridine rings is 1. The summed E-state index contributed by atoms with van der Waals surface area (Å²) in [5.41, 5.74) is 10.6. The van der Waals surface area contributed by atoms with E-state index in [1.807, 2.05) is 49.1 Å². The Hall–Kier alpha value is -3.60. The minimum Gasteiger partial charge on any atom is -0.362 e. The molecule has 0 fully saturated rings. The van der Waals surface area contributed by atoms with Gasteiger partial charge in [0.2, 0.25) is 0 Å². The smallest absolute Gasteiger partial charge is 0.0604 e. The Morgan fingerprint density at radius 3 is 2.61 bits per heavy atom. The van der Waals surface area contributed by atoms with Gasteiger partial charge in [0.05, 0.1) is 5.69 Å². The number of rotatable bonds is 12. The molecule has 3 rings (SSSR count). The van der Waals surface area contributed by atoms with E-state index in [0.717, 1.165) is 41.8 Å². The van der Waals surface area contributed by atoms with Crippen LogP contribution >= 0.6 is 0 Å². The molecule has 3 aromatic rings. The Labute approximate surface area is 217 Å². The second-order valence-electron chi connectivity index (χ2n) is 9.47. The molecule has 0 saturated carbocycles. The van der Waals surface area contributed by atoms with E-state index in [1.54, 1.807) is 0 Å². The highest BCUT2D eigenvalue weighted by atomic mass is 15.4. The quantitative estimate of drug-likeness (QED) is 0.256. The lowest BCUT2D eigenvalue weighted by Crippen LogP contribution is -2.21. The molecule has 5 nitrogen and oxygen atoms in total. The van der Waals surface area contributed by atoms with Crippen molar-refractivity contribution < 1.29 is 0 Å². The molecule has 0 radical (unpaired) electrons. The first-order chi connectivity index (χ1) is 17.6. The van der Waals surface area contributed by atoms with Crippen LogP contribution in [0.1, 0.15) is 70.1 Å². The molecule has 1 atom stereocenters. The number of aryl methyl sites for hydroxylation is 1. The third kappa shape index (κ3) is 8.88. The van der Waals surface area contributed by atoms with Crippen molar-refractivity contribution in [3.63, 3.8) is 0 Å². The third-order valence-electron chi connectivity index (χ3n) is 6.22. The Balaban J connectivity index is 1.87. The molecule has 0 saturated heterocycles. The summed E-state index contributed by atoms with van der Waals surface area (Å²) >= 11 is 0. The summed E-state index contributed by atoms with van der Waals surface area (Å²) in [4.78, 5) is 9.02. The molecule has 5 heteroatoms. The number of hydrogen-bond donors (Lipinski definition) is 2. The van der Waals surface area contributed by atoms with E-state index in [0.29, 0.717) is 5.92 Å². The number of nitrogens with one attached hydrogen (secondary N) is 2. The van der Waals surface area contributed by atoms with Crippen LogP contribution < -0.4 is 10.7 Å².